The van der Waals surface area contributed by atoms with Crippen LogP contribution in [0.2, 0.25) is 0 Å². The summed E-state index contributed by atoms with van der Waals surface area (Å²) in [5.74, 6) is -1.72. The third-order valence-electron chi connectivity index (χ3n) is 2.57. The Morgan fingerprint density at radius 3 is 2.67 bits per heavy atom. The fourth-order valence-corrected chi connectivity index (χ4v) is 1.58. The van der Waals surface area contributed by atoms with Crippen LogP contribution in [-0.4, -0.2) is 42.4 Å². The van der Waals surface area contributed by atoms with Crippen LogP contribution < -0.4 is 5.73 Å². The molecule has 0 radical (unpaired) electrons. The van der Waals surface area contributed by atoms with Gasteiger partial charge in [0.25, 0.3) is 0 Å². The maximum Gasteiger partial charge on any atom is 0.310 e. The minimum absolute atomic E-state index is 0.0876. The summed E-state index contributed by atoms with van der Waals surface area (Å²) in [7, 11) is 1.27. The summed E-state index contributed by atoms with van der Waals surface area (Å²) in [6, 6.07) is -0.674. The summed E-state index contributed by atoms with van der Waals surface area (Å²) in [5.41, 5.74) is 5.08. The number of likely N-dealkylation sites (tertiary alicyclic amines) is 1. The number of hydrogen-bond donors (Lipinski definition) is 1. The van der Waals surface area contributed by atoms with Crippen molar-refractivity contribution in [3.05, 3.63) is 0 Å². The van der Waals surface area contributed by atoms with Gasteiger partial charge < -0.3 is 15.4 Å². The van der Waals surface area contributed by atoms with Crippen LogP contribution in [-0.2, 0) is 19.1 Å². The molecule has 1 rings (SSSR count). The molecule has 0 aromatic rings. The predicted molar refractivity (Wildman–Crippen MR) is 50.5 cm³/mol. The highest BCUT2D eigenvalue weighted by Gasteiger charge is 2.38. The molecule has 0 saturated carbocycles. The number of rotatable bonds is 3. The van der Waals surface area contributed by atoms with Crippen molar-refractivity contribution < 1.29 is 19.1 Å². The monoisotopic (exact) mass is 214 g/mol. The van der Waals surface area contributed by atoms with Gasteiger partial charge in [0.2, 0.25) is 11.8 Å². The van der Waals surface area contributed by atoms with Crippen molar-refractivity contribution in [2.24, 2.45) is 11.7 Å². The second-order valence-electron chi connectivity index (χ2n) is 3.55. The van der Waals surface area contributed by atoms with E-state index < -0.39 is 23.8 Å². The van der Waals surface area contributed by atoms with Crippen LogP contribution in [0, 0.1) is 5.92 Å². The van der Waals surface area contributed by atoms with Crippen LogP contribution in [0.5, 0.6) is 0 Å². The minimum Gasteiger partial charge on any atom is -0.469 e. The molecule has 1 heterocycles. The SMILES string of the molecule is COC(=O)C1CC(=O)N([C@@H](C)C(N)=O)C1. The fraction of sp³-hybridized carbons (Fsp3) is 0.667. The zero-order valence-electron chi connectivity index (χ0n) is 8.73. The first kappa shape index (κ1) is 11.5. The molecule has 0 bridgehead atoms. The molecule has 15 heavy (non-hydrogen) atoms. The number of primary amides is 1. The van der Waals surface area contributed by atoms with Crippen molar-refractivity contribution in [3.63, 3.8) is 0 Å². The number of carbonyl (C=O) groups is 3. The molecule has 1 aliphatic heterocycles. The first-order chi connectivity index (χ1) is 6.97. The molecule has 84 valence electrons. The lowest BCUT2D eigenvalue weighted by Crippen LogP contribution is -2.43. The largest absolute Gasteiger partial charge is 0.469 e. The average Bonchev–Trinajstić information content (AvgIpc) is 2.57. The van der Waals surface area contributed by atoms with Gasteiger partial charge in [-0.15, -0.1) is 0 Å². The van der Waals surface area contributed by atoms with E-state index in [1.165, 1.54) is 12.0 Å². The van der Waals surface area contributed by atoms with E-state index in [9.17, 15) is 14.4 Å². The number of hydrogen-bond acceptors (Lipinski definition) is 4. The first-order valence-electron chi connectivity index (χ1n) is 4.64. The van der Waals surface area contributed by atoms with E-state index in [2.05, 4.69) is 4.74 Å². The van der Waals surface area contributed by atoms with Gasteiger partial charge in [-0.1, -0.05) is 0 Å². The van der Waals surface area contributed by atoms with Crippen molar-refractivity contribution >= 4 is 17.8 Å². The second kappa shape index (κ2) is 4.29. The fourth-order valence-electron chi connectivity index (χ4n) is 1.58. The normalized spacial score (nSPS) is 22.7. The van der Waals surface area contributed by atoms with Gasteiger partial charge in [-0.25, -0.2) is 0 Å². The zero-order valence-corrected chi connectivity index (χ0v) is 8.73. The lowest BCUT2D eigenvalue weighted by molar-refractivity contribution is -0.145. The smallest absolute Gasteiger partial charge is 0.310 e. The molecule has 0 aromatic carbocycles. The maximum atomic E-state index is 11.5. The first-order valence-corrected chi connectivity index (χ1v) is 4.64. The highest BCUT2D eigenvalue weighted by Crippen LogP contribution is 2.20. The summed E-state index contributed by atoms with van der Waals surface area (Å²) < 4.78 is 4.54. The van der Waals surface area contributed by atoms with E-state index >= 15 is 0 Å². The van der Waals surface area contributed by atoms with Crippen molar-refractivity contribution in [3.8, 4) is 0 Å². The lowest BCUT2D eigenvalue weighted by Gasteiger charge is -2.21. The Morgan fingerprint density at radius 1 is 1.60 bits per heavy atom. The molecular formula is C9H14N2O4. The third kappa shape index (κ3) is 2.26. The standard InChI is InChI=1S/C9H14N2O4/c1-5(8(10)13)11-4-6(3-7(11)12)9(14)15-2/h5-6H,3-4H2,1-2H3,(H2,10,13)/t5-,6?/m0/s1. The number of amides is 2. The van der Waals surface area contributed by atoms with E-state index in [4.69, 9.17) is 5.73 Å². The van der Waals surface area contributed by atoms with Gasteiger partial charge in [0.1, 0.15) is 6.04 Å². The summed E-state index contributed by atoms with van der Waals surface area (Å²) in [4.78, 5) is 34.8. The van der Waals surface area contributed by atoms with Crippen LogP contribution >= 0.6 is 0 Å². The van der Waals surface area contributed by atoms with E-state index in [1.54, 1.807) is 6.92 Å². The van der Waals surface area contributed by atoms with Crippen LogP contribution in [0.1, 0.15) is 13.3 Å². The summed E-state index contributed by atoms with van der Waals surface area (Å²) in [5, 5.41) is 0. The topological polar surface area (TPSA) is 89.7 Å². The van der Waals surface area contributed by atoms with E-state index in [0.29, 0.717) is 0 Å². The number of ether oxygens (including phenoxy) is 1. The molecule has 1 unspecified atom stereocenters. The number of esters is 1. The summed E-state index contributed by atoms with van der Waals surface area (Å²) in [6.07, 6.45) is 0.0876. The van der Waals surface area contributed by atoms with E-state index in [-0.39, 0.29) is 18.9 Å². The molecule has 0 spiro atoms. The quantitative estimate of drug-likeness (QED) is 0.603. The predicted octanol–water partition coefficient (Wildman–Crippen LogP) is -1.12. The van der Waals surface area contributed by atoms with Gasteiger partial charge in [0.05, 0.1) is 13.0 Å². The Labute approximate surface area is 87.4 Å². The molecule has 2 amide bonds. The molecule has 1 fully saturated rings. The summed E-state index contributed by atoms with van der Waals surface area (Å²) >= 11 is 0. The minimum atomic E-state index is -0.674. The van der Waals surface area contributed by atoms with Gasteiger partial charge in [0, 0.05) is 13.0 Å². The third-order valence-corrected chi connectivity index (χ3v) is 2.57. The Kier molecular flexibility index (Phi) is 3.28. The number of carbonyl (C=O) groups excluding carboxylic acids is 3. The Bertz CT molecular complexity index is 302. The molecule has 1 saturated heterocycles. The van der Waals surface area contributed by atoms with Gasteiger partial charge in [-0.05, 0) is 6.92 Å². The van der Waals surface area contributed by atoms with Crippen LogP contribution in [0.4, 0.5) is 0 Å². The molecule has 1 aliphatic rings. The van der Waals surface area contributed by atoms with Gasteiger partial charge in [-0.2, -0.15) is 0 Å². The Balaban J connectivity index is 2.68. The maximum absolute atomic E-state index is 11.5. The van der Waals surface area contributed by atoms with Crippen molar-refractivity contribution in [2.75, 3.05) is 13.7 Å². The molecule has 0 aliphatic carbocycles. The highest BCUT2D eigenvalue weighted by molar-refractivity contribution is 5.91. The number of methoxy groups -OCH3 is 1. The van der Waals surface area contributed by atoms with Crippen LogP contribution in [0.15, 0.2) is 0 Å². The number of nitrogens with two attached hydrogens (primary N) is 1. The number of nitrogens with zero attached hydrogens (tertiary/aromatic N) is 1. The highest BCUT2D eigenvalue weighted by atomic mass is 16.5. The molecule has 2 N–H and O–H groups in total. The van der Waals surface area contributed by atoms with Crippen LogP contribution in [0.3, 0.4) is 0 Å². The van der Waals surface area contributed by atoms with Crippen molar-refractivity contribution in [1.29, 1.82) is 0 Å². The molecule has 0 aromatic heterocycles. The summed E-state index contributed by atoms with van der Waals surface area (Å²) in [6.45, 7) is 1.75. The van der Waals surface area contributed by atoms with Gasteiger partial charge >= 0.3 is 5.97 Å². The molecule has 6 nitrogen and oxygen atoms in total. The van der Waals surface area contributed by atoms with Gasteiger partial charge in [0.15, 0.2) is 0 Å². The average molecular weight is 214 g/mol. The van der Waals surface area contributed by atoms with Gasteiger partial charge in [-0.3, -0.25) is 14.4 Å². The Hall–Kier alpha value is -1.59. The Morgan fingerprint density at radius 2 is 2.20 bits per heavy atom. The van der Waals surface area contributed by atoms with Crippen molar-refractivity contribution in [1.82, 2.24) is 4.90 Å². The van der Waals surface area contributed by atoms with Crippen LogP contribution in [0.25, 0.3) is 0 Å². The lowest BCUT2D eigenvalue weighted by atomic mass is 10.1. The van der Waals surface area contributed by atoms with E-state index in [0.717, 1.165) is 0 Å². The second-order valence-corrected chi connectivity index (χ2v) is 3.55. The molecular weight excluding hydrogens is 200 g/mol. The van der Waals surface area contributed by atoms with Crippen molar-refractivity contribution in [2.45, 2.75) is 19.4 Å². The van der Waals surface area contributed by atoms with E-state index in [1.807, 2.05) is 0 Å². The molecule has 6 heteroatoms. The zero-order chi connectivity index (χ0) is 11.6. The molecule has 2 atom stereocenters.